The van der Waals surface area contributed by atoms with Gasteiger partial charge in [0.05, 0.1) is 7.11 Å². The van der Waals surface area contributed by atoms with Gasteiger partial charge in [0.1, 0.15) is 5.92 Å². The monoisotopic (exact) mass is 267 g/mol. The van der Waals surface area contributed by atoms with Crippen molar-refractivity contribution >= 4 is 23.5 Å². The Bertz CT molecular complexity index is 464. The van der Waals surface area contributed by atoms with Gasteiger partial charge in [0.15, 0.2) is 0 Å². The van der Waals surface area contributed by atoms with Gasteiger partial charge in [0, 0.05) is 17.0 Å². The molecule has 1 aromatic rings. The van der Waals surface area contributed by atoms with Crippen LogP contribution in [0.4, 0.5) is 0 Å². The predicted octanol–water partition coefficient (Wildman–Crippen LogP) is 1.73. The first-order chi connectivity index (χ1) is 8.54. The quantitative estimate of drug-likeness (QED) is 0.656. The fourth-order valence-corrected chi connectivity index (χ4v) is 2.53. The topological polar surface area (TPSA) is 55.4 Å². The van der Waals surface area contributed by atoms with Crippen molar-refractivity contribution in [1.82, 2.24) is 5.32 Å². The normalized spacial score (nSPS) is 26.8. The van der Waals surface area contributed by atoms with Crippen LogP contribution in [-0.4, -0.2) is 25.0 Å². The van der Waals surface area contributed by atoms with Crippen molar-refractivity contribution in [1.29, 1.82) is 0 Å². The zero-order chi connectivity index (χ0) is 13.3. The lowest BCUT2D eigenvalue weighted by Crippen LogP contribution is -2.28. The Balaban J connectivity index is 2.36. The number of esters is 1. The van der Waals surface area contributed by atoms with Gasteiger partial charge < -0.3 is 10.1 Å². The molecule has 18 heavy (non-hydrogen) atoms. The molecule has 4 nitrogen and oxygen atoms in total. The van der Waals surface area contributed by atoms with Crippen LogP contribution in [-0.2, 0) is 14.3 Å². The zero-order valence-electron chi connectivity index (χ0n) is 10.1. The third kappa shape index (κ3) is 2.20. The lowest BCUT2D eigenvalue weighted by Gasteiger charge is -2.19. The molecule has 1 amide bonds. The standard InChI is InChI=1S/C13H14ClNO3/c1-7-10(8-3-5-9(14)6-4-8)11(12(16)15-7)13(17)18-2/h3-7,10-11H,1-2H3,(H,15,16). The minimum atomic E-state index is -0.786. The molecule has 1 aliphatic heterocycles. The second-order valence-corrected chi connectivity index (χ2v) is 4.81. The van der Waals surface area contributed by atoms with Crippen LogP contribution in [0.15, 0.2) is 24.3 Å². The van der Waals surface area contributed by atoms with Crippen LogP contribution in [0, 0.1) is 5.92 Å². The van der Waals surface area contributed by atoms with Crippen LogP contribution in [0.3, 0.4) is 0 Å². The third-order valence-corrected chi connectivity index (χ3v) is 3.51. The summed E-state index contributed by atoms with van der Waals surface area (Å²) in [6.45, 7) is 1.88. The van der Waals surface area contributed by atoms with Gasteiger partial charge in [-0.05, 0) is 24.6 Å². The third-order valence-electron chi connectivity index (χ3n) is 3.26. The van der Waals surface area contributed by atoms with E-state index in [4.69, 9.17) is 16.3 Å². The molecular weight excluding hydrogens is 254 g/mol. The van der Waals surface area contributed by atoms with Gasteiger partial charge in [-0.2, -0.15) is 0 Å². The maximum atomic E-state index is 11.8. The number of amides is 1. The van der Waals surface area contributed by atoms with Crippen LogP contribution >= 0.6 is 11.6 Å². The summed E-state index contributed by atoms with van der Waals surface area (Å²) in [5, 5.41) is 3.40. The number of rotatable bonds is 2. The van der Waals surface area contributed by atoms with Gasteiger partial charge in [0.2, 0.25) is 5.91 Å². The van der Waals surface area contributed by atoms with Gasteiger partial charge in [-0.15, -0.1) is 0 Å². The number of hydrogen-bond donors (Lipinski definition) is 1. The largest absolute Gasteiger partial charge is 0.468 e. The van der Waals surface area contributed by atoms with Crippen LogP contribution < -0.4 is 5.32 Å². The van der Waals surface area contributed by atoms with Crippen molar-refractivity contribution in [3.05, 3.63) is 34.9 Å². The Kier molecular flexibility index (Phi) is 3.57. The van der Waals surface area contributed by atoms with E-state index >= 15 is 0 Å². The van der Waals surface area contributed by atoms with Crippen molar-refractivity contribution in [2.75, 3.05) is 7.11 Å². The molecule has 0 spiro atoms. The molecule has 1 N–H and O–H groups in total. The Morgan fingerprint density at radius 3 is 2.50 bits per heavy atom. The lowest BCUT2D eigenvalue weighted by atomic mass is 9.84. The highest BCUT2D eigenvalue weighted by atomic mass is 35.5. The maximum Gasteiger partial charge on any atom is 0.318 e. The predicted molar refractivity (Wildman–Crippen MR) is 67.3 cm³/mol. The Labute approximate surface area is 110 Å². The highest BCUT2D eigenvalue weighted by molar-refractivity contribution is 6.30. The SMILES string of the molecule is COC(=O)C1C(=O)NC(C)C1c1ccc(Cl)cc1. The van der Waals surface area contributed by atoms with Crippen LogP contribution in [0.1, 0.15) is 18.4 Å². The number of methoxy groups -OCH3 is 1. The Morgan fingerprint density at radius 2 is 1.94 bits per heavy atom. The number of carbonyl (C=O) groups excluding carboxylic acids is 2. The van der Waals surface area contributed by atoms with Gasteiger partial charge in [-0.25, -0.2) is 0 Å². The molecule has 1 fully saturated rings. The minimum absolute atomic E-state index is 0.109. The molecular formula is C13H14ClNO3. The smallest absolute Gasteiger partial charge is 0.318 e. The number of nitrogens with one attached hydrogen (secondary N) is 1. The Hall–Kier alpha value is -1.55. The molecule has 0 aliphatic carbocycles. The number of carbonyl (C=O) groups is 2. The highest BCUT2D eigenvalue weighted by Gasteiger charge is 2.46. The van der Waals surface area contributed by atoms with Crippen LogP contribution in [0.5, 0.6) is 0 Å². The number of benzene rings is 1. The van der Waals surface area contributed by atoms with Gasteiger partial charge in [0.25, 0.3) is 0 Å². The molecule has 0 bridgehead atoms. The van der Waals surface area contributed by atoms with Gasteiger partial charge in [-0.3, -0.25) is 9.59 Å². The van der Waals surface area contributed by atoms with Crippen LogP contribution in [0.2, 0.25) is 5.02 Å². The molecule has 2 rings (SSSR count). The van der Waals surface area contributed by atoms with Gasteiger partial charge >= 0.3 is 5.97 Å². The van der Waals surface area contributed by atoms with E-state index < -0.39 is 11.9 Å². The molecule has 0 saturated carbocycles. The van der Waals surface area contributed by atoms with Crippen molar-refractivity contribution < 1.29 is 14.3 Å². The summed E-state index contributed by atoms with van der Waals surface area (Å²) in [6.07, 6.45) is 0. The van der Waals surface area contributed by atoms with E-state index in [0.29, 0.717) is 5.02 Å². The molecule has 0 radical (unpaired) electrons. The van der Waals surface area contributed by atoms with E-state index in [0.717, 1.165) is 5.56 Å². The molecule has 3 unspecified atom stereocenters. The van der Waals surface area contributed by atoms with Crippen molar-refractivity contribution in [2.24, 2.45) is 5.92 Å². The summed E-state index contributed by atoms with van der Waals surface area (Å²) in [6, 6.07) is 7.06. The molecule has 0 aromatic heterocycles. The molecule has 96 valence electrons. The number of hydrogen-bond acceptors (Lipinski definition) is 3. The maximum absolute atomic E-state index is 11.8. The molecule has 1 aromatic carbocycles. The second-order valence-electron chi connectivity index (χ2n) is 4.38. The summed E-state index contributed by atoms with van der Waals surface area (Å²) in [5.74, 6) is -1.79. The van der Waals surface area contributed by atoms with E-state index in [1.807, 2.05) is 19.1 Å². The number of ether oxygens (including phenoxy) is 1. The van der Waals surface area contributed by atoms with Crippen LogP contribution in [0.25, 0.3) is 0 Å². The minimum Gasteiger partial charge on any atom is -0.468 e. The lowest BCUT2D eigenvalue weighted by molar-refractivity contribution is -0.149. The van der Waals surface area contributed by atoms with E-state index in [1.165, 1.54) is 7.11 Å². The van der Waals surface area contributed by atoms with E-state index in [9.17, 15) is 9.59 Å². The summed E-state index contributed by atoms with van der Waals surface area (Å²) in [7, 11) is 1.29. The number of halogens is 1. The van der Waals surface area contributed by atoms with Crippen molar-refractivity contribution in [2.45, 2.75) is 18.9 Å². The molecule has 1 aliphatic rings. The average Bonchev–Trinajstić information content (AvgIpc) is 2.64. The molecule has 3 atom stereocenters. The molecule has 1 saturated heterocycles. The molecule has 1 heterocycles. The van der Waals surface area contributed by atoms with Crippen molar-refractivity contribution in [3.63, 3.8) is 0 Å². The van der Waals surface area contributed by atoms with Crippen molar-refractivity contribution in [3.8, 4) is 0 Å². The highest BCUT2D eigenvalue weighted by Crippen LogP contribution is 2.34. The van der Waals surface area contributed by atoms with E-state index in [2.05, 4.69) is 5.32 Å². The summed E-state index contributed by atoms with van der Waals surface area (Å²) in [5.41, 5.74) is 0.903. The first-order valence-corrected chi connectivity index (χ1v) is 6.06. The summed E-state index contributed by atoms with van der Waals surface area (Å²) < 4.78 is 4.70. The van der Waals surface area contributed by atoms with Gasteiger partial charge in [-0.1, -0.05) is 23.7 Å². The fraction of sp³-hybridized carbons (Fsp3) is 0.385. The molecule has 5 heteroatoms. The zero-order valence-corrected chi connectivity index (χ0v) is 10.9. The Morgan fingerprint density at radius 1 is 1.33 bits per heavy atom. The van der Waals surface area contributed by atoms with E-state index in [1.54, 1.807) is 12.1 Å². The fourth-order valence-electron chi connectivity index (χ4n) is 2.40. The second kappa shape index (κ2) is 4.98. The summed E-state index contributed by atoms with van der Waals surface area (Å²) >= 11 is 5.84. The average molecular weight is 268 g/mol. The first kappa shape index (κ1) is 12.9. The van der Waals surface area contributed by atoms with E-state index in [-0.39, 0.29) is 17.9 Å². The summed E-state index contributed by atoms with van der Waals surface area (Å²) in [4.78, 5) is 23.5. The first-order valence-electron chi connectivity index (χ1n) is 5.68.